The molecule has 1 atom stereocenters. The molecule has 0 spiro atoms. The van der Waals surface area contributed by atoms with Crippen LogP contribution in [0.15, 0.2) is 36.4 Å². The van der Waals surface area contributed by atoms with E-state index in [1.54, 1.807) is 4.68 Å². The molecule has 0 bridgehead atoms. The van der Waals surface area contributed by atoms with E-state index in [1.165, 1.54) is 0 Å². The Morgan fingerprint density at radius 1 is 1.27 bits per heavy atom. The maximum atomic E-state index is 10.1. The van der Waals surface area contributed by atoms with Crippen LogP contribution in [0.3, 0.4) is 0 Å². The van der Waals surface area contributed by atoms with E-state index in [0.717, 1.165) is 17.0 Å². The molecule has 3 nitrogen and oxygen atoms in total. The second-order valence-corrected chi connectivity index (χ2v) is 3.65. The highest BCUT2D eigenvalue weighted by atomic mass is 16.3. The van der Waals surface area contributed by atoms with Crippen molar-refractivity contribution in [3.05, 3.63) is 53.3 Å². The first-order chi connectivity index (χ1) is 7.18. The van der Waals surface area contributed by atoms with Crippen LogP contribution < -0.4 is 0 Å². The van der Waals surface area contributed by atoms with Crippen molar-refractivity contribution in [2.45, 2.75) is 13.0 Å². The third-order valence-electron chi connectivity index (χ3n) is 2.43. The van der Waals surface area contributed by atoms with Crippen LogP contribution in [0, 0.1) is 6.92 Å². The zero-order chi connectivity index (χ0) is 10.8. The Kier molecular flexibility index (Phi) is 2.56. The molecule has 1 aromatic carbocycles. The van der Waals surface area contributed by atoms with E-state index in [0.29, 0.717) is 0 Å². The molecule has 0 saturated heterocycles. The van der Waals surface area contributed by atoms with Crippen molar-refractivity contribution in [2.75, 3.05) is 0 Å². The van der Waals surface area contributed by atoms with Crippen molar-refractivity contribution in [1.29, 1.82) is 0 Å². The van der Waals surface area contributed by atoms with E-state index in [-0.39, 0.29) is 0 Å². The van der Waals surface area contributed by atoms with Gasteiger partial charge in [-0.3, -0.25) is 4.68 Å². The van der Waals surface area contributed by atoms with Gasteiger partial charge in [-0.25, -0.2) is 0 Å². The third-order valence-corrected chi connectivity index (χ3v) is 2.43. The lowest BCUT2D eigenvalue weighted by molar-refractivity contribution is 0.210. The van der Waals surface area contributed by atoms with E-state index < -0.39 is 6.10 Å². The molecule has 15 heavy (non-hydrogen) atoms. The summed E-state index contributed by atoms with van der Waals surface area (Å²) in [5.41, 5.74) is 2.63. The van der Waals surface area contributed by atoms with Crippen molar-refractivity contribution in [3.63, 3.8) is 0 Å². The second-order valence-electron chi connectivity index (χ2n) is 3.65. The molecule has 0 aliphatic carbocycles. The highest BCUT2D eigenvalue weighted by molar-refractivity contribution is 5.26. The Bertz CT molecular complexity index is 448. The first-order valence-electron chi connectivity index (χ1n) is 4.92. The molecule has 0 fully saturated rings. The van der Waals surface area contributed by atoms with Gasteiger partial charge in [0.05, 0.1) is 11.4 Å². The van der Waals surface area contributed by atoms with Gasteiger partial charge in [0, 0.05) is 7.05 Å². The highest BCUT2D eigenvalue weighted by Crippen LogP contribution is 2.21. The molecule has 1 heterocycles. The van der Waals surface area contributed by atoms with E-state index in [1.807, 2.05) is 50.4 Å². The Morgan fingerprint density at radius 3 is 2.47 bits per heavy atom. The summed E-state index contributed by atoms with van der Waals surface area (Å²) in [5.74, 6) is 0. The molecule has 1 N–H and O–H groups in total. The standard InChI is InChI=1S/C12H14N2O/c1-9-8-11(14(2)13-9)12(15)10-6-4-3-5-7-10/h3-8,12,15H,1-2H3. The number of aliphatic hydroxyl groups is 1. The number of hydrogen-bond acceptors (Lipinski definition) is 2. The summed E-state index contributed by atoms with van der Waals surface area (Å²) in [6.45, 7) is 1.92. The van der Waals surface area contributed by atoms with Gasteiger partial charge in [0.2, 0.25) is 0 Å². The summed E-state index contributed by atoms with van der Waals surface area (Å²) in [6.07, 6.45) is -0.600. The van der Waals surface area contributed by atoms with Crippen molar-refractivity contribution in [3.8, 4) is 0 Å². The fourth-order valence-electron chi connectivity index (χ4n) is 1.69. The van der Waals surface area contributed by atoms with Gasteiger partial charge in [-0.2, -0.15) is 5.10 Å². The van der Waals surface area contributed by atoms with Crippen molar-refractivity contribution >= 4 is 0 Å². The maximum Gasteiger partial charge on any atom is 0.121 e. The fourth-order valence-corrected chi connectivity index (χ4v) is 1.69. The molecule has 1 aromatic heterocycles. The number of aryl methyl sites for hydroxylation is 2. The molecular formula is C12H14N2O. The Balaban J connectivity index is 2.36. The monoisotopic (exact) mass is 202 g/mol. The first-order valence-corrected chi connectivity index (χ1v) is 4.92. The molecular weight excluding hydrogens is 188 g/mol. The van der Waals surface area contributed by atoms with Crippen molar-refractivity contribution in [1.82, 2.24) is 9.78 Å². The van der Waals surface area contributed by atoms with Gasteiger partial charge >= 0.3 is 0 Å². The lowest BCUT2D eigenvalue weighted by Gasteiger charge is -2.10. The van der Waals surface area contributed by atoms with Crippen LogP contribution in [0.1, 0.15) is 23.1 Å². The van der Waals surface area contributed by atoms with Gasteiger partial charge < -0.3 is 5.11 Å². The molecule has 2 rings (SSSR count). The summed E-state index contributed by atoms with van der Waals surface area (Å²) in [7, 11) is 1.84. The molecule has 0 radical (unpaired) electrons. The molecule has 0 aliphatic heterocycles. The second kappa shape index (κ2) is 3.87. The summed E-state index contributed by atoms with van der Waals surface area (Å²) in [4.78, 5) is 0. The molecule has 0 saturated carbocycles. The lowest BCUT2D eigenvalue weighted by atomic mass is 10.1. The van der Waals surface area contributed by atoms with Crippen LogP contribution >= 0.6 is 0 Å². The Hall–Kier alpha value is -1.61. The first kappa shape index (κ1) is 9.93. The van der Waals surface area contributed by atoms with E-state index in [2.05, 4.69) is 5.10 Å². The Labute approximate surface area is 89.0 Å². The zero-order valence-corrected chi connectivity index (χ0v) is 8.88. The number of rotatable bonds is 2. The maximum absolute atomic E-state index is 10.1. The topological polar surface area (TPSA) is 38.0 Å². The van der Waals surface area contributed by atoms with Gasteiger partial charge in [0.15, 0.2) is 0 Å². The smallest absolute Gasteiger partial charge is 0.121 e. The SMILES string of the molecule is Cc1cc(C(O)c2ccccc2)n(C)n1. The average Bonchev–Trinajstić information content (AvgIpc) is 2.58. The predicted molar refractivity (Wildman–Crippen MR) is 58.4 cm³/mol. The highest BCUT2D eigenvalue weighted by Gasteiger charge is 2.14. The molecule has 0 aliphatic rings. The van der Waals surface area contributed by atoms with Crippen molar-refractivity contribution < 1.29 is 5.11 Å². The number of nitrogens with zero attached hydrogens (tertiary/aromatic N) is 2. The summed E-state index contributed by atoms with van der Waals surface area (Å²) < 4.78 is 1.72. The molecule has 0 amide bonds. The van der Waals surface area contributed by atoms with Crippen LogP contribution in [-0.2, 0) is 7.05 Å². The average molecular weight is 202 g/mol. The van der Waals surface area contributed by atoms with Gasteiger partial charge in [0.25, 0.3) is 0 Å². The van der Waals surface area contributed by atoms with Crippen LogP contribution in [-0.4, -0.2) is 14.9 Å². The van der Waals surface area contributed by atoms with Gasteiger partial charge in [0.1, 0.15) is 6.10 Å². The van der Waals surface area contributed by atoms with Crippen LogP contribution in [0.25, 0.3) is 0 Å². The summed E-state index contributed by atoms with van der Waals surface area (Å²) >= 11 is 0. The van der Waals surface area contributed by atoms with E-state index >= 15 is 0 Å². The lowest BCUT2D eigenvalue weighted by Crippen LogP contribution is -2.06. The van der Waals surface area contributed by atoms with E-state index in [9.17, 15) is 5.11 Å². The summed E-state index contributed by atoms with van der Waals surface area (Å²) in [6, 6.07) is 11.5. The van der Waals surface area contributed by atoms with Gasteiger partial charge in [-0.1, -0.05) is 30.3 Å². The number of hydrogen-bond donors (Lipinski definition) is 1. The Morgan fingerprint density at radius 2 is 1.93 bits per heavy atom. The molecule has 78 valence electrons. The van der Waals surface area contributed by atoms with Crippen LogP contribution in [0.4, 0.5) is 0 Å². The van der Waals surface area contributed by atoms with Crippen LogP contribution in [0.5, 0.6) is 0 Å². The van der Waals surface area contributed by atoms with Crippen LogP contribution in [0.2, 0.25) is 0 Å². The number of aliphatic hydroxyl groups excluding tert-OH is 1. The number of benzene rings is 1. The number of aromatic nitrogens is 2. The van der Waals surface area contributed by atoms with Gasteiger partial charge in [-0.05, 0) is 18.6 Å². The minimum Gasteiger partial charge on any atom is -0.382 e. The van der Waals surface area contributed by atoms with Gasteiger partial charge in [-0.15, -0.1) is 0 Å². The van der Waals surface area contributed by atoms with Crippen molar-refractivity contribution in [2.24, 2.45) is 7.05 Å². The summed E-state index contributed by atoms with van der Waals surface area (Å²) in [5, 5.41) is 14.3. The third kappa shape index (κ3) is 1.92. The molecule has 2 aromatic rings. The fraction of sp³-hybridized carbons (Fsp3) is 0.250. The molecule has 1 unspecified atom stereocenters. The zero-order valence-electron chi connectivity index (χ0n) is 8.88. The molecule has 3 heteroatoms. The predicted octanol–water partition coefficient (Wildman–Crippen LogP) is 1.81. The largest absolute Gasteiger partial charge is 0.382 e. The minimum atomic E-state index is -0.600. The quantitative estimate of drug-likeness (QED) is 0.806. The van der Waals surface area contributed by atoms with E-state index in [4.69, 9.17) is 0 Å². The normalized spacial score (nSPS) is 12.7. The minimum absolute atomic E-state index is 0.600.